The molecule has 2 aromatic carbocycles. The van der Waals surface area contributed by atoms with E-state index in [2.05, 4.69) is 10.3 Å². The van der Waals surface area contributed by atoms with E-state index in [1.165, 1.54) is 6.07 Å². The molecule has 0 radical (unpaired) electrons. The van der Waals surface area contributed by atoms with Gasteiger partial charge in [-0.25, -0.2) is 4.39 Å². The molecule has 168 valence electrons. The number of carbonyl (C=O) groups is 1. The Labute approximate surface area is 199 Å². The van der Waals surface area contributed by atoms with Crippen molar-refractivity contribution < 1.29 is 18.7 Å². The third-order valence-electron chi connectivity index (χ3n) is 4.74. The number of hydrogen-bond acceptors (Lipinski definition) is 4. The van der Waals surface area contributed by atoms with Crippen LogP contribution in [0, 0.1) is 5.82 Å². The van der Waals surface area contributed by atoms with E-state index in [1.807, 2.05) is 36.2 Å². The molecule has 31 heavy (non-hydrogen) atoms. The predicted octanol–water partition coefficient (Wildman–Crippen LogP) is 3.15. The highest BCUT2D eigenvalue weighted by molar-refractivity contribution is 14.0. The third kappa shape index (κ3) is 6.71. The highest BCUT2D eigenvalue weighted by Crippen LogP contribution is 2.31. The summed E-state index contributed by atoms with van der Waals surface area (Å²) in [6, 6.07) is 13.9. The Morgan fingerprint density at radius 2 is 2.00 bits per heavy atom. The van der Waals surface area contributed by atoms with Crippen molar-refractivity contribution in [2.45, 2.75) is 6.42 Å². The van der Waals surface area contributed by atoms with Gasteiger partial charge in [-0.3, -0.25) is 9.79 Å². The number of aliphatic imine (C=N–C) groups is 1. The van der Waals surface area contributed by atoms with E-state index in [4.69, 9.17) is 9.47 Å². The van der Waals surface area contributed by atoms with Crippen LogP contribution in [-0.4, -0.2) is 63.7 Å². The molecule has 0 aliphatic carbocycles. The molecule has 1 aliphatic rings. The van der Waals surface area contributed by atoms with Crippen molar-refractivity contribution in [2.24, 2.45) is 4.99 Å². The van der Waals surface area contributed by atoms with Crippen molar-refractivity contribution in [1.29, 1.82) is 0 Å². The zero-order valence-corrected chi connectivity index (χ0v) is 20.0. The Balaban J connectivity index is 0.00000341. The summed E-state index contributed by atoms with van der Waals surface area (Å²) in [4.78, 5) is 20.2. The quantitative estimate of drug-likeness (QED) is 0.241. The van der Waals surface area contributed by atoms with Gasteiger partial charge in [0.1, 0.15) is 12.4 Å². The van der Waals surface area contributed by atoms with Crippen LogP contribution in [0.3, 0.4) is 0 Å². The molecule has 0 saturated heterocycles. The fourth-order valence-corrected chi connectivity index (χ4v) is 3.18. The molecule has 1 N–H and O–H groups in total. The number of carbonyl (C=O) groups excluding carboxylic acids is 1. The minimum Gasteiger partial charge on any atom is -0.489 e. The smallest absolute Gasteiger partial charge is 0.265 e. The first kappa shape index (κ1) is 24.7. The van der Waals surface area contributed by atoms with Crippen LogP contribution in [0.4, 0.5) is 10.1 Å². The van der Waals surface area contributed by atoms with Crippen molar-refractivity contribution in [2.75, 3.05) is 51.8 Å². The number of hydrogen-bond donors (Lipinski definition) is 1. The molecule has 0 fully saturated rings. The number of anilines is 1. The lowest BCUT2D eigenvalue weighted by atomic mass is 10.2. The minimum absolute atomic E-state index is 0. The molecule has 0 spiro atoms. The van der Waals surface area contributed by atoms with Crippen molar-refractivity contribution >= 4 is 41.5 Å². The Kier molecular flexibility index (Phi) is 9.83. The third-order valence-corrected chi connectivity index (χ3v) is 4.74. The molecular weight excluding hydrogens is 514 g/mol. The second kappa shape index (κ2) is 12.3. The molecule has 1 heterocycles. The zero-order valence-electron chi connectivity index (χ0n) is 17.7. The van der Waals surface area contributed by atoms with Gasteiger partial charge in [0, 0.05) is 27.2 Å². The van der Waals surface area contributed by atoms with Crippen LogP contribution in [0.2, 0.25) is 0 Å². The number of likely N-dealkylation sites (N-methyl/N-ethyl adjacent to an activating group) is 1. The molecule has 9 heteroatoms. The summed E-state index contributed by atoms with van der Waals surface area (Å²) in [5.41, 5.74) is 0.806. The molecule has 0 unspecified atom stereocenters. The molecule has 1 amide bonds. The van der Waals surface area contributed by atoms with Gasteiger partial charge in [0.2, 0.25) is 0 Å². The summed E-state index contributed by atoms with van der Waals surface area (Å²) in [7, 11) is 3.60. The van der Waals surface area contributed by atoms with Crippen LogP contribution in [0.25, 0.3) is 0 Å². The van der Waals surface area contributed by atoms with Crippen molar-refractivity contribution in [3.05, 3.63) is 54.3 Å². The number of para-hydroxylation sites is 3. The van der Waals surface area contributed by atoms with E-state index in [0.29, 0.717) is 32.2 Å². The van der Waals surface area contributed by atoms with Gasteiger partial charge in [-0.1, -0.05) is 24.3 Å². The van der Waals surface area contributed by atoms with E-state index in [1.54, 1.807) is 30.1 Å². The molecule has 0 atom stereocenters. The van der Waals surface area contributed by atoms with E-state index < -0.39 is 0 Å². The van der Waals surface area contributed by atoms with Crippen LogP contribution < -0.4 is 19.7 Å². The van der Waals surface area contributed by atoms with Crippen LogP contribution in [0.1, 0.15) is 6.42 Å². The number of fused-ring (bicyclic) bond motifs is 1. The number of benzene rings is 2. The average Bonchev–Trinajstić information content (AvgIpc) is 2.76. The van der Waals surface area contributed by atoms with E-state index >= 15 is 0 Å². The molecule has 0 aromatic heterocycles. The van der Waals surface area contributed by atoms with Crippen molar-refractivity contribution in [3.8, 4) is 11.5 Å². The maximum atomic E-state index is 13.6. The number of rotatable bonds is 8. The lowest BCUT2D eigenvalue weighted by molar-refractivity contribution is -0.121. The van der Waals surface area contributed by atoms with Gasteiger partial charge in [-0.15, -0.1) is 24.0 Å². The largest absolute Gasteiger partial charge is 0.489 e. The topological polar surface area (TPSA) is 66.4 Å². The zero-order chi connectivity index (χ0) is 21.3. The number of nitrogens with zero attached hydrogens (tertiary/aromatic N) is 3. The van der Waals surface area contributed by atoms with Crippen LogP contribution in [0.5, 0.6) is 11.5 Å². The highest BCUT2D eigenvalue weighted by atomic mass is 127. The Hall–Kier alpha value is -2.56. The van der Waals surface area contributed by atoms with Crippen molar-refractivity contribution in [1.82, 2.24) is 10.2 Å². The fraction of sp³-hybridized carbons (Fsp3) is 0.364. The summed E-state index contributed by atoms with van der Waals surface area (Å²) in [6.45, 7) is 2.18. The summed E-state index contributed by atoms with van der Waals surface area (Å²) >= 11 is 0. The van der Waals surface area contributed by atoms with Gasteiger partial charge in [-0.05, 0) is 30.7 Å². The molecule has 3 rings (SSSR count). The first-order chi connectivity index (χ1) is 14.6. The fourth-order valence-electron chi connectivity index (χ4n) is 3.18. The SMILES string of the molecule is CN=C(NCCCN1C(=O)COc2ccccc21)N(C)CCOc1ccccc1F.I. The second-order valence-corrected chi connectivity index (χ2v) is 6.83. The number of amides is 1. The monoisotopic (exact) mass is 542 g/mol. The molecule has 7 nitrogen and oxygen atoms in total. The number of guanidine groups is 1. The Morgan fingerprint density at radius 1 is 1.26 bits per heavy atom. The van der Waals surface area contributed by atoms with Gasteiger partial charge in [0.15, 0.2) is 24.1 Å². The van der Waals surface area contributed by atoms with E-state index in [-0.39, 0.29) is 48.1 Å². The maximum absolute atomic E-state index is 13.6. The van der Waals surface area contributed by atoms with Gasteiger partial charge in [0.05, 0.1) is 12.2 Å². The minimum atomic E-state index is -0.373. The molecule has 0 saturated carbocycles. The van der Waals surface area contributed by atoms with Crippen LogP contribution in [0.15, 0.2) is 53.5 Å². The first-order valence-corrected chi connectivity index (χ1v) is 9.91. The number of nitrogens with one attached hydrogen (secondary N) is 1. The van der Waals surface area contributed by atoms with E-state index in [9.17, 15) is 9.18 Å². The number of ether oxygens (including phenoxy) is 2. The lowest BCUT2D eigenvalue weighted by Crippen LogP contribution is -2.43. The van der Waals surface area contributed by atoms with E-state index in [0.717, 1.165) is 17.9 Å². The molecule has 1 aliphatic heterocycles. The normalized spacial score (nSPS) is 13.1. The predicted molar refractivity (Wildman–Crippen MR) is 130 cm³/mol. The van der Waals surface area contributed by atoms with Crippen LogP contribution in [-0.2, 0) is 4.79 Å². The first-order valence-electron chi connectivity index (χ1n) is 9.91. The van der Waals surface area contributed by atoms with Gasteiger partial charge < -0.3 is 24.6 Å². The molecule has 2 aromatic rings. The Bertz CT molecular complexity index is 897. The van der Waals surface area contributed by atoms with Crippen LogP contribution >= 0.6 is 24.0 Å². The Morgan fingerprint density at radius 3 is 2.77 bits per heavy atom. The summed E-state index contributed by atoms with van der Waals surface area (Å²) in [6.07, 6.45) is 0.749. The number of halogens is 2. The summed E-state index contributed by atoms with van der Waals surface area (Å²) < 4.78 is 24.6. The molecular formula is C22H28FIN4O3. The average molecular weight is 542 g/mol. The highest BCUT2D eigenvalue weighted by Gasteiger charge is 2.24. The summed E-state index contributed by atoms with van der Waals surface area (Å²) in [5.74, 6) is 1.27. The van der Waals surface area contributed by atoms with Gasteiger partial charge >= 0.3 is 0 Å². The van der Waals surface area contributed by atoms with Crippen molar-refractivity contribution in [3.63, 3.8) is 0 Å². The lowest BCUT2D eigenvalue weighted by Gasteiger charge is -2.29. The van der Waals surface area contributed by atoms with Gasteiger partial charge in [0.25, 0.3) is 5.91 Å². The summed E-state index contributed by atoms with van der Waals surface area (Å²) in [5, 5.41) is 3.28. The van der Waals surface area contributed by atoms with Gasteiger partial charge in [-0.2, -0.15) is 0 Å². The molecule has 0 bridgehead atoms. The standard InChI is InChI=1S/C22H27FN4O3.HI/c1-24-22(26(2)14-15-29-19-10-5-3-8-17(19)23)25-12-7-13-27-18-9-4-6-11-20(18)30-16-21(27)28;/h3-6,8-11H,7,12-16H2,1-2H3,(H,24,25);1H. The maximum Gasteiger partial charge on any atom is 0.265 e. The second-order valence-electron chi connectivity index (χ2n) is 6.83.